The number of anilines is 2. The standard InChI is InChI=1S/C26H24N4O2S/c1-5-22(31)30(4)20-12-16(7-6-14(20)2)18-9-8-17-19(29-18)10-11-21-23(17)24-25(33-21)26(32)28-15(3)13-27-24/h5-12,15,27H,1,13H2,2-4H3,(H,28,32). The van der Waals surface area contributed by atoms with Crippen molar-refractivity contribution in [3.05, 3.63) is 65.6 Å². The molecule has 0 spiro atoms. The van der Waals surface area contributed by atoms with Gasteiger partial charge in [-0.25, -0.2) is 4.98 Å². The molecule has 1 unspecified atom stereocenters. The molecular weight excluding hydrogens is 432 g/mol. The van der Waals surface area contributed by atoms with Crippen molar-refractivity contribution in [3.63, 3.8) is 0 Å². The Balaban J connectivity index is 1.63. The third-order valence-corrected chi connectivity index (χ3v) is 7.22. The van der Waals surface area contributed by atoms with Gasteiger partial charge in [0.2, 0.25) is 5.91 Å². The van der Waals surface area contributed by atoms with E-state index in [-0.39, 0.29) is 17.9 Å². The zero-order valence-electron chi connectivity index (χ0n) is 18.7. The Kier molecular flexibility index (Phi) is 5.13. The summed E-state index contributed by atoms with van der Waals surface area (Å²) in [5.41, 5.74) is 5.32. The number of likely N-dealkylation sites (N-methyl/N-ethyl adjacent to an activating group) is 1. The first-order chi connectivity index (χ1) is 15.9. The van der Waals surface area contributed by atoms with Crippen LogP contribution >= 0.6 is 11.3 Å². The van der Waals surface area contributed by atoms with Crippen molar-refractivity contribution >= 4 is 55.5 Å². The molecule has 166 valence electrons. The Morgan fingerprint density at radius 2 is 2.06 bits per heavy atom. The Hall–Kier alpha value is -3.71. The van der Waals surface area contributed by atoms with Crippen molar-refractivity contribution in [2.75, 3.05) is 23.8 Å². The second-order valence-electron chi connectivity index (χ2n) is 8.37. The second kappa shape index (κ2) is 8.01. The fourth-order valence-electron chi connectivity index (χ4n) is 4.27. The molecule has 0 saturated heterocycles. The molecule has 4 aromatic rings. The highest BCUT2D eigenvalue weighted by molar-refractivity contribution is 7.21. The van der Waals surface area contributed by atoms with E-state index in [1.54, 1.807) is 11.9 Å². The number of nitrogens with one attached hydrogen (secondary N) is 2. The van der Waals surface area contributed by atoms with Crippen LogP contribution in [-0.2, 0) is 4.79 Å². The van der Waals surface area contributed by atoms with E-state index in [4.69, 9.17) is 4.98 Å². The molecule has 1 aliphatic heterocycles. The average molecular weight is 457 g/mol. The first-order valence-corrected chi connectivity index (χ1v) is 11.6. The highest BCUT2D eigenvalue weighted by Gasteiger charge is 2.24. The van der Waals surface area contributed by atoms with Gasteiger partial charge in [0.1, 0.15) is 4.88 Å². The molecule has 2 aromatic carbocycles. The minimum atomic E-state index is -0.159. The Morgan fingerprint density at radius 3 is 2.85 bits per heavy atom. The number of thiophene rings is 1. The number of rotatable bonds is 3. The summed E-state index contributed by atoms with van der Waals surface area (Å²) in [5.74, 6) is -0.195. The topological polar surface area (TPSA) is 74.3 Å². The van der Waals surface area contributed by atoms with E-state index in [1.165, 1.54) is 17.4 Å². The maximum atomic E-state index is 12.7. The predicted molar refractivity (Wildman–Crippen MR) is 136 cm³/mol. The van der Waals surface area contributed by atoms with Crippen molar-refractivity contribution in [3.8, 4) is 11.3 Å². The molecule has 3 heterocycles. The summed E-state index contributed by atoms with van der Waals surface area (Å²) < 4.78 is 1.06. The van der Waals surface area contributed by atoms with Crippen LogP contribution in [0.1, 0.15) is 22.2 Å². The zero-order chi connectivity index (χ0) is 23.3. The minimum absolute atomic E-state index is 0.0354. The van der Waals surface area contributed by atoms with Crippen LogP contribution < -0.4 is 15.5 Å². The lowest BCUT2D eigenvalue weighted by molar-refractivity contribution is -0.113. The number of hydrogen-bond donors (Lipinski definition) is 2. The molecule has 5 rings (SSSR count). The SMILES string of the molecule is C=CC(=O)N(C)c1cc(-c2ccc3c(ccc4sc5c(c43)NCC(C)NC5=O)n2)ccc1C. The minimum Gasteiger partial charge on any atom is -0.381 e. The molecule has 1 atom stereocenters. The molecule has 2 amide bonds. The van der Waals surface area contributed by atoms with Crippen LogP contribution in [-0.4, -0.2) is 36.4 Å². The largest absolute Gasteiger partial charge is 0.381 e. The molecule has 6 nitrogen and oxygen atoms in total. The molecular formula is C26H24N4O2S. The summed E-state index contributed by atoms with van der Waals surface area (Å²) >= 11 is 1.50. The van der Waals surface area contributed by atoms with Gasteiger partial charge < -0.3 is 15.5 Å². The molecule has 2 N–H and O–H groups in total. The van der Waals surface area contributed by atoms with Gasteiger partial charge in [0.05, 0.1) is 16.9 Å². The van der Waals surface area contributed by atoms with E-state index in [2.05, 4.69) is 23.3 Å². The number of fused-ring (bicyclic) bond motifs is 5. The second-order valence-corrected chi connectivity index (χ2v) is 9.42. The van der Waals surface area contributed by atoms with Crippen LogP contribution in [0.25, 0.3) is 32.2 Å². The third-order valence-electron chi connectivity index (χ3n) is 6.06. The highest BCUT2D eigenvalue weighted by atomic mass is 32.1. The number of carbonyl (C=O) groups excluding carboxylic acids is 2. The normalized spacial score (nSPS) is 15.5. The fraction of sp³-hybridized carbons (Fsp3) is 0.192. The average Bonchev–Trinajstić information content (AvgIpc) is 3.14. The molecule has 1 aliphatic rings. The van der Waals surface area contributed by atoms with E-state index in [0.717, 1.165) is 49.2 Å². The molecule has 2 aromatic heterocycles. The van der Waals surface area contributed by atoms with Gasteiger partial charge in [-0.1, -0.05) is 18.7 Å². The van der Waals surface area contributed by atoms with Gasteiger partial charge in [0, 0.05) is 46.4 Å². The van der Waals surface area contributed by atoms with Crippen LogP contribution in [0.2, 0.25) is 0 Å². The summed E-state index contributed by atoms with van der Waals surface area (Å²) in [6, 6.07) is 14.1. The predicted octanol–water partition coefficient (Wildman–Crippen LogP) is 5.12. The quantitative estimate of drug-likeness (QED) is 0.420. The Morgan fingerprint density at radius 1 is 1.24 bits per heavy atom. The molecule has 0 saturated carbocycles. The lowest BCUT2D eigenvalue weighted by Gasteiger charge is -2.19. The number of amides is 2. The molecule has 33 heavy (non-hydrogen) atoms. The summed E-state index contributed by atoms with van der Waals surface area (Å²) in [7, 11) is 1.74. The van der Waals surface area contributed by atoms with Crippen LogP contribution in [0, 0.1) is 6.92 Å². The highest BCUT2D eigenvalue weighted by Crippen LogP contribution is 2.41. The van der Waals surface area contributed by atoms with Crippen LogP contribution in [0.3, 0.4) is 0 Å². The lowest BCUT2D eigenvalue weighted by Crippen LogP contribution is -2.34. The number of benzene rings is 2. The maximum Gasteiger partial charge on any atom is 0.263 e. The van der Waals surface area contributed by atoms with Crippen LogP contribution in [0.4, 0.5) is 11.4 Å². The van der Waals surface area contributed by atoms with Crippen molar-refractivity contribution < 1.29 is 9.59 Å². The molecule has 0 aliphatic carbocycles. The summed E-state index contributed by atoms with van der Waals surface area (Å²) in [6.07, 6.45) is 1.31. The summed E-state index contributed by atoms with van der Waals surface area (Å²) in [6.45, 7) is 8.23. The van der Waals surface area contributed by atoms with Crippen molar-refractivity contribution in [1.29, 1.82) is 0 Å². The van der Waals surface area contributed by atoms with E-state index >= 15 is 0 Å². The van der Waals surface area contributed by atoms with Crippen LogP contribution in [0.5, 0.6) is 0 Å². The number of carbonyl (C=O) groups is 2. The summed E-state index contributed by atoms with van der Waals surface area (Å²) in [4.78, 5) is 32.0. The monoisotopic (exact) mass is 456 g/mol. The van der Waals surface area contributed by atoms with Crippen molar-refractivity contribution in [2.24, 2.45) is 0 Å². The number of hydrogen-bond acceptors (Lipinski definition) is 5. The molecule has 7 heteroatoms. The van der Waals surface area contributed by atoms with Gasteiger partial charge in [-0.3, -0.25) is 9.59 Å². The number of pyridine rings is 1. The molecule has 0 radical (unpaired) electrons. The van der Waals surface area contributed by atoms with E-state index in [1.807, 2.05) is 50.2 Å². The van der Waals surface area contributed by atoms with Crippen molar-refractivity contribution in [1.82, 2.24) is 10.3 Å². The fourth-order valence-corrected chi connectivity index (χ4v) is 5.37. The van der Waals surface area contributed by atoms with Crippen molar-refractivity contribution in [2.45, 2.75) is 19.9 Å². The van der Waals surface area contributed by atoms with Gasteiger partial charge in [0.15, 0.2) is 0 Å². The first-order valence-electron chi connectivity index (χ1n) is 10.8. The van der Waals surface area contributed by atoms with Gasteiger partial charge in [-0.15, -0.1) is 11.3 Å². The zero-order valence-corrected chi connectivity index (χ0v) is 19.5. The smallest absolute Gasteiger partial charge is 0.263 e. The van der Waals surface area contributed by atoms with E-state index in [0.29, 0.717) is 11.4 Å². The third kappa shape index (κ3) is 3.54. The summed E-state index contributed by atoms with van der Waals surface area (Å²) in [5, 5.41) is 8.54. The van der Waals surface area contributed by atoms with E-state index in [9.17, 15) is 9.59 Å². The van der Waals surface area contributed by atoms with Gasteiger partial charge in [0.25, 0.3) is 5.91 Å². The number of aromatic nitrogens is 1. The lowest BCUT2D eigenvalue weighted by atomic mass is 10.0. The maximum absolute atomic E-state index is 12.7. The van der Waals surface area contributed by atoms with Gasteiger partial charge >= 0.3 is 0 Å². The van der Waals surface area contributed by atoms with Gasteiger partial charge in [-0.05, 0) is 55.8 Å². The molecule has 0 fully saturated rings. The van der Waals surface area contributed by atoms with E-state index < -0.39 is 0 Å². The number of aryl methyl sites for hydroxylation is 1. The molecule has 0 bridgehead atoms. The Bertz CT molecular complexity index is 1460. The van der Waals surface area contributed by atoms with Gasteiger partial charge in [-0.2, -0.15) is 0 Å². The van der Waals surface area contributed by atoms with Crippen LogP contribution in [0.15, 0.2) is 55.1 Å². The first kappa shape index (κ1) is 21.2. The number of nitrogens with zero attached hydrogens (tertiary/aromatic N) is 2. The Labute approximate surface area is 195 Å².